The van der Waals surface area contributed by atoms with Crippen LogP contribution in [0.1, 0.15) is 24.1 Å². The van der Waals surface area contributed by atoms with Gasteiger partial charge in [-0.1, -0.05) is 36.4 Å². The zero-order valence-corrected chi connectivity index (χ0v) is 16.7. The van der Waals surface area contributed by atoms with Crippen molar-refractivity contribution in [1.82, 2.24) is 10.3 Å². The predicted molar refractivity (Wildman–Crippen MR) is 110 cm³/mol. The summed E-state index contributed by atoms with van der Waals surface area (Å²) in [4.78, 5) is 4.07. The van der Waals surface area contributed by atoms with E-state index >= 15 is 0 Å². The maximum absolute atomic E-state index is 5.49. The lowest BCUT2D eigenvalue weighted by Gasteiger charge is -2.16. The summed E-state index contributed by atoms with van der Waals surface area (Å²) in [6.07, 6.45) is 4.56. The Morgan fingerprint density at radius 3 is 2.38 bits per heavy atom. The highest BCUT2D eigenvalue weighted by molar-refractivity contribution is 9.10. The third kappa shape index (κ3) is 4.51. The van der Waals surface area contributed by atoms with Crippen molar-refractivity contribution in [2.24, 2.45) is 0 Å². The Balaban J connectivity index is 1.59. The van der Waals surface area contributed by atoms with Crippen molar-refractivity contribution in [3.8, 4) is 16.9 Å². The van der Waals surface area contributed by atoms with Gasteiger partial charge in [0.05, 0.1) is 11.6 Å². The number of hydrogen-bond acceptors (Lipinski definition) is 3. The van der Waals surface area contributed by atoms with Gasteiger partial charge in [0.25, 0.3) is 0 Å². The summed E-state index contributed by atoms with van der Waals surface area (Å²) >= 11 is 3.54. The molecule has 0 aliphatic rings. The quantitative estimate of drug-likeness (QED) is 0.564. The second-order valence-electron chi connectivity index (χ2n) is 6.22. The monoisotopic (exact) mass is 410 g/mol. The maximum atomic E-state index is 5.49. The van der Waals surface area contributed by atoms with Crippen molar-refractivity contribution in [2.75, 3.05) is 13.7 Å². The first-order chi connectivity index (χ1) is 12.7. The summed E-state index contributed by atoms with van der Waals surface area (Å²) in [5.41, 5.74) is 4.88. The number of nitrogens with zero attached hydrogens (tertiary/aromatic N) is 1. The van der Waals surface area contributed by atoms with Crippen LogP contribution in [-0.4, -0.2) is 18.6 Å². The summed E-state index contributed by atoms with van der Waals surface area (Å²) in [7, 11) is 1.71. The zero-order chi connectivity index (χ0) is 18.4. The van der Waals surface area contributed by atoms with E-state index in [-0.39, 0.29) is 0 Å². The topological polar surface area (TPSA) is 34.1 Å². The first-order valence-corrected chi connectivity index (χ1v) is 9.53. The summed E-state index contributed by atoms with van der Waals surface area (Å²) in [6.45, 7) is 3.08. The van der Waals surface area contributed by atoms with Gasteiger partial charge in [0, 0.05) is 18.4 Å². The molecule has 0 amide bonds. The van der Waals surface area contributed by atoms with Gasteiger partial charge in [-0.25, -0.2) is 0 Å². The Morgan fingerprint density at radius 2 is 1.69 bits per heavy atom. The van der Waals surface area contributed by atoms with Crippen LogP contribution < -0.4 is 10.1 Å². The van der Waals surface area contributed by atoms with Crippen LogP contribution >= 0.6 is 15.9 Å². The fourth-order valence-corrected chi connectivity index (χ4v) is 3.60. The van der Waals surface area contributed by atoms with Crippen LogP contribution in [0.2, 0.25) is 0 Å². The molecule has 1 N–H and O–H groups in total. The average molecular weight is 411 g/mol. The fourth-order valence-electron chi connectivity index (χ4n) is 3.03. The van der Waals surface area contributed by atoms with Gasteiger partial charge in [-0.2, -0.15) is 0 Å². The van der Waals surface area contributed by atoms with Gasteiger partial charge in [-0.15, -0.1) is 0 Å². The zero-order valence-electron chi connectivity index (χ0n) is 15.1. The highest BCUT2D eigenvalue weighted by Crippen LogP contribution is 2.29. The van der Waals surface area contributed by atoms with E-state index in [4.69, 9.17) is 4.74 Å². The average Bonchev–Trinajstić information content (AvgIpc) is 2.69. The van der Waals surface area contributed by atoms with Gasteiger partial charge >= 0.3 is 0 Å². The molecule has 3 rings (SSSR count). The second kappa shape index (κ2) is 8.97. The van der Waals surface area contributed by atoms with Gasteiger partial charge in [0.1, 0.15) is 5.75 Å². The fraction of sp³-hybridized carbons (Fsp3) is 0.227. The van der Waals surface area contributed by atoms with Gasteiger partial charge < -0.3 is 10.1 Å². The third-order valence-electron chi connectivity index (χ3n) is 4.52. The number of aromatic nitrogens is 1. The molecule has 0 saturated heterocycles. The van der Waals surface area contributed by atoms with E-state index in [9.17, 15) is 0 Å². The maximum Gasteiger partial charge on any atom is 0.136 e. The highest BCUT2D eigenvalue weighted by Gasteiger charge is 2.09. The molecule has 134 valence electrons. The van der Waals surface area contributed by atoms with Crippen molar-refractivity contribution in [3.63, 3.8) is 0 Å². The first-order valence-electron chi connectivity index (χ1n) is 8.74. The Kier molecular flexibility index (Phi) is 6.42. The molecule has 0 bridgehead atoms. The number of benzene rings is 2. The SMILES string of the molecule is COc1c(Br)cccc1CCNC(C)c1ccc(-c2ccncc2)cc1. The van der Waals surface area contributed by atoms with E-state index in [1.54, 1.807) is 7.11 Å². The van der Waals surface area contributed by atoms with Gasteiger partial charge in [-0.3, -0.25) is 4.98 Å². The van der Waals surface area contributed by atoms with E-state index in [1.165, 1.54) is 22.3 Å². The van der Waals surface area contributed by atoms with E-state index in [0.29, 0.717) is 6.04 Å². The number of rotatable bonds is 7. The summed E-state index contributed by atoms with van der Waals surface area (Å²) in [5, 5.41) is 3.60. The molecule has 0 fully saturated rings. The molecular formula is C22H23BrN2O. The molecular weight excluding hydrogens is 388 g/mol. The van der Waals surface area contributed by atoms with Gasteiger partial charge in [0.15, 0.2) is 0 Å². The molecule has 1 unspecified atom stereocenters. The Hall–Kier alpha value is -2.17. The molecule has 1 aromatic heterocycles. The number of para-hydroxylation sites is 1. The minimum atomic E-state index is 0.291. The summed E-state index contributed by atoms with van der Waals surface area (Å²) < 4.78 is 6.49. The molecule has 0 saturated carbocycles. The van der Waals surface area contributed by atoms with Gasteiger partial charge in [-0.05, 0) is 76.3 Å². The van der Waals surface area contributed by atoms with Crippen LogP contribution in [-0.2, 0) is 6.42 Å². The van der Waals surface area contributed by atoms with Crippen molar-refractivity contribution < 1.29 is 4.74 Å². The molecule has 3 aromatic rings. The molecule has 0 aliphatic carbocycles. The minimum Gasteiger partial charge on any atom is -0.495 e. The molecule has 4 heteroatoms. The number of hydrogen-bond donors (Lipinski definition) is 1. The lowest BCUT2D eigenvalue weighted by Crippen LogP contribution is -2.21. The second-order valence-corrected chi connectivity index (χ2v) is 7.07. The van der Waals surface area contributed by atoms with Crippen LogP contribution in [0.3, 0.4) is 0 Å². The molecule has 1 heterocycles. The summed E-state index contributed by atoms with van der Waals surface area (Å²) in [5.74, 6) is 0.920. The summed E-state index contributed by atoms with van der Waals surface area (Å²) in [6, 6.07) is 19.2. The molecule has 2 aromatic carbocycles. The van der Waals surface area contributed by atoms with Crippen molar-refractivity contribution >= 4 is 15.9 Å². The van der Waals surface area contributed by atoms with E-state index in [2.05, 4.69) is 63.5 Å². The van der Waals surface area contributed by atoms with Crippen molar-refractivity contribution in [2.45, 2.75) is 19.4 Å². The Morgan fingerprint density at radius 1 is 1.00 bits per heavy atom. The lowest BCUT2D eigenvalue weighted by atomic mass is 10.0. The normalized spacial score (nSPS) is 12.0. The number of ether oxygens (including phenoxy) is 1. The van der Waals surface area contributed by atoms with Crippen LogP contribution in [0.25, 0.3) is 11.1 Å². The van der Waals surface area contributed by atoms with E-state index in [0.717, 1.165) is 23.2 Å². The standard InChI is InChI=1S/C22H23BrN2O/c1-16(25-15-12-20-4-3-5-21(23)22(20)26-2)17-6-8-18(9-7-17)19-10-13-24-14-11-19/h3-11,13-14,16,25H,12,15H2,1-2H3. The van der Waals surface area contributed by atoms with Gasteiger partial charge in [0.2, 0.25) is 0 Å². The molecule has 0 radical (unpaired) electrons. The molecule has 0 spiro atoms. The van der Waals surface area contributed by atoms with Crippen LogP contribution in [0.5, 0.6) is 5.75 Å². The number of halogens is 1. The van der Waals surface area contributed by atoms with E-state index < -0.39 is 0 Å². The molecule has 1 atom stereocenters. The van der Waals surface area contributed by atoms with E-state index in [1.807, 2.05) is 36.7 Å². The van der Waals surface area contributed by atoms with Crippen molar-refractivity contribution in [1.29, 1.82) is 0 Å². The van der Waals surface area contributed by atoms with Crippen LogP contribution in [0, 0.1) is 0 Å². The number of methoxy groups -OCH3 is 1. The molecule has 3 nitrogen and oxygen atoms in total. The first kappa shape index (κ1) is 18.6. The lowest BCUT2D eigenvalue weighted by molar-refractivity contribution is 0.406. The van der Waals surface area contributed by atoms with Crippen LogP contribution in [0.4, 0.5) is 0 Å². The Labute approximate surface area is 163 Å². The number of nitrogens with one attached hydrogen (secondary N) is 1. The largest absolute Gasteiger partial charge is 0.495 e. The molecule has 26 heavy (non-hydrogen) atoms. The third-order valence-corrected chi connectivity index (χ3v) is 5.15. The van der Waals surface area contributed by atoms with Crippen molar-refractivity contribution in [3.05, 3.63) is 82.6 Å². The smallest absolute Gasteiger partial charge is 0.136 e. The van der Waals surface area contributed by atoms with Crippen LogP contribution in [0.15, 0.2) is 71.5 Å². The Bertz CT molecular complexity index is 835. The highest BCUT2D eigenvalue weighted by atomic mass is 79.9. The minimum absolute atomic E-state index is 0.291. The predicted octanol–water partition coefficient (Wildman–Crippen LogP) is 5.41. The molecule has 0 aliphatic heterocycles. The number of pyridine rings is 1.